The Morgan fingerprint density at radius 2 is 1.87 bits per heavy atom. The SMILES string of the molecule is Cc1cc(C)c2c(c1C)OC(C)(COc1ccc(C=C3SC(=O)N(C)C3=O)cc1)CC2. The zero-order valence-electron chi connectivity index (χ0n) is 18.6. The third-order valence-electron chi connectivity index (χ3n) is 6.08. The van der Waals surface area contributed by atoms with E-state index in [1.165, 1.54) is 29.3 Å². The van der Waals surface area contributed by atoms with Crippen molar-refractivity contribution in [3.63, 3.8) is 0 Å². The number of ether oxygens (including phenoxy) is 2. The number of imide groups is 1. The molecule has 31 heavy (non-hydrogen) atoms. The second-order valence-corrected chi connectivity index (χ2v) is 9.59. The predicted octanol–water partition coefficient (Wildman–Crippen LogP) is 5.44. The van der Waals surface area contributed by atoms with Gasteiger partial charge >= 0.3 is 0 Å². The van der Waals surface area contributed by atoms with Crippen molar-refractivity contribution in [2.45, 2.75) is 46.1 Å². The number of fused-ring (bicyclic) bond motifs is 1. The van der Waals surface area contributed by atoms with Gasteiger partial charge in [0.15, 0.2) is 0 Å². The van der Waals surface area contributed by atoms with Crippen LogP contribution in [0.15, 0.2) is 35.2 Å². The Morgan fingerprint density at radius 1 is 1.16 bits per heavy atom. The maximum absolute atomic E-state index is 12.0. The molecule has 2 aliphatic rings. The van der Waals surface area contributed by atoms with Crippen LogP contribution in [0.2, 0.25) is 0 Å². The minimum absolute atomic E-state index is 0.251. The van der Waals surface area contributed by atoms with Gasteiger partial charge in [-0.05, 0) is 98.3 Å². The van der Waals surface area contributed by atoms with Crippen LogP contribution in [-0.2, 0) is 11.2 Å². The van der Waals surface area contributed by atoms with E-state index in [2.05, 4.69) is 33.8 Å². The fourth-order valence-corrected chi connectivity index (χ4v) is 4.76. The van der Waals surface area contributed by atoms with Gasteiger partial charge in [0.25, 0.3) is 11.1 Å². The smallest absolute Gasteiger partial charge is 0.293 e. The average Bonchev–Trinajstić information content (AvgIpc) is 2.98. The molecule has 1 saturated heterocycles. The van der Waals surface area contributed by atoms with Crippen molar-refractivity contribution >= 4 is 29.0 Å². The van der Waals surface area contributed by atoms with Crippen LogP contribution in [-0.4, -0.2) is 35.3 Å². The molecule has 0 aliphatic carbocycles. The summed E-state index contributed by atoms with van der Waals surface area (Å²) >= 11 is 0.958. The summed E-state index contributed by atoms with van der Waals surface area (Å²) in [6.45, 7) is 8.94. The fraction of sp³-hybridized carbons (Fsp3) is 0.360. The monoisotopic (exact) mass is 437 g/mol. The molecule has 2 heterocycles. The molecule has 4 rings (SSSR count). The van der Waals surface area contributed by atoms with Crippen molar-refractivity contribution in [1.29, 1.82) is 0 Å². The highest BCUT2D eigenvalue weighted by Crippen LogP contribution is 2.39. The van der Waals surface area contributed by atoms with E-state index in [9.17, 15) is 9.59 Å². The Bertz CT molecular complexity index is 1090. The molecule has 0 saturated carbocycles. The van der Waals surface area contributed by atoms with Gasteiger partial charge in [0, 0.05) is 7.05 Å². The highest BCUT2D eigenvalue weighted by atomic mass is 32.2. The van der Waals surface area contributed by atoms with Gasteiger partial charge in [-0.15, -0.1) is 0 Å². The number of thioether (sulfide) groups is 1. The normalized spacial score (nSPS) is 22.0. The molecule has 1 fully saturated rings. The third-order valence-corrected chi connectivity index (χ3v) is 7.04. The maximum atomic E-state index is 12.0. The van der Waals surface area contributed by atoms with Gasteiger partial charge in [-0.1, -0.05) is 18.2 Å². The Morgan fingerprint density at radius 3 is 2.52 bits per heavy atom. The third kappa shape index (κ3) is 4.22. The predicted molar refractivity (Wildman–Crippen MR) is 124 cm³/mol. The zero-order chi connectivity index (χ0) is 22.3. The van der Waals surface area contributed by atoms with Gasteiger partial charge in [-0.2, -0.15) is 0 Å². The molecule has 0 aromatic heterocycles. The summed E-state index contributed by atoms with van der Waals surface area (Å²) in [6, 6.07) is 9.76. The van der Waals surface area contributed by atoms with Gasteiger partial charge in [0.2, 0.25) is 0 Å². The highest BCUT2D eigenvalue weighted by molar-refractivity contribution is 8.18. The number of hydrogen-bond acceptors (Lipinski definition) is 5. The molecule has 1 unspecified atom stereocenters. The van der Waals surface area contributed by atoms with Crippen LogP contribution in [0.25, 0.3) is 6.08 Å². The summed E-state index contributed by atoms with van der Waals surface area (Å²) < 4.78 is 12.5. The minimum atomic E-state index is -0.392. The first-order valence-corrected chi connectivity index (χ1v) is 11.2. The molecule has 0 spiro atoms. The van der Waals surface area contributed by atoms with E-state index < -0.39 is 5.60 Å². The molecule has 162 valence electrons. The number of likely N-dealkylation sites (N-methyl/N-ethyl adjacent to an activating group) is 1. The van der Waals surface area contributed by atoms with Gasteiger partial charge < -0.3 is 9.47 Å². The summed E-state index contributed by atoms with van der Waals surface area (Å²) in [5, 5.41) is -0.251. The molecule has 0 radical (unpaired) electrons. The van der Waals surface area contributed by atoms with E-state index in [1.807, 2.05) is 24.3 Å². The number of nitrogens with zero attached hydrogens (tertiary/aromatic N) is 1. The van der Waals surface area contributed by atoms with E-state index in [0.29, 0.717) is 11.5 Å². The topological polar surface area (TPSA) is 55.8 Å². The van der Waals surface area contributed by atoms with Crippen molar-refractivity contribution in [2.75, 3.05) is 13.7 Å². The van der Waals surface area contributed by atoms with Gasteiger partial charge in [0.1, 0.15) is 23.7 Å². The number of hydrogen-bond donors (Lipinski definition) is 0. The Balaban J connectivity index is 1.43. The highest BCUT2D eigenvalue weighted by Gasteiger charge is 2.34. The lowest BCUT2D eigenvalue weighted by Gasteiger charge is -2.37. The van der Waals surface area contributed by atoms with Gasteiger partial charge in [-0.25, -0.2) is 0 Å². The molecule has 2 aromatic carbocycles. The van der Waals surface area contributed by atoms with E-state index >= 15 is 0 Å². The summed E-state index contributed by atoms with van der Waals surface area (Å²) in [6.07, 6.45) is 3.61. The molecular formula is C25H27NO4S. The quantitative estimate of drug-likeness (QED) is 0.596. The Kier molecular flexibility index (Phi) is 5.60. The molecule has 6 heteroatoms. The van der Waals surface area contributed by atoms with Crippen molar-refractivity contribution < 1.29 is 19.1 Å². The lowest BCUT2D eigenvalue weighted by molar-refractivity contribution is -0.121. The lowest BCUT2D eigenvalue weighted by atomic mass is 9.88. The number of benzene rings is 2. The fourth-order valence-electron chi connectivity index (χ4n) is 3.94. The van der Waals surface area contributed by atoms with Crippen molar-refractivity contribution in [3.05, 3.63) is 63.1 Å². The number of carbonyl (C=O) groups excluding carboxylic acids is 2. The molecule has 0 N–H and O–H groups in total. The summed E-state index contributed by atoms with van der Waals surface area (Å²) in [4.78, 5) is 25.2. The molecular weight excluding hydrogens is 410 g/mol. The first-order valence-electron chi connectivity index (χ1n) is 10.4. The molecule has 2 amide bonds. The number of amides is 2. The molecule has 1 atom stereocenters. The maximum Gasteiger partial charge on any atom is 0.293 e. The zero-order valence-corrected chi connectivity index (χ0v) is 19.4. The minimum Gasteiger partial charge on any atom is -0.489 e. The van der Waals surface area contributed by atoms with Crippen LogP contribution in [0, 0.1) is 20.8 Å². The van der Waals surface area contributed by atoms with Crippen molar-refractivity contribution in [3.8, 4) is 11.5 Å². The first kappa shape index (κ1) is 21.5. The van der Waals surface area contributed by atoms with E-state index in [-0.39, 0.29) is 11.1 Å². The molecule has 0 bridgehead atoms. The van der Waals surface area contributed by atoms with Crippen LogP contribution in [0.3, 0.4) is 0 Å². The molecule has 5 nitrogen and oxygen atoms in total. The second-order valence-electron chi connectivity index (χ2n) is 8.59. The van der Waals surface area contributed by atoms with Crippen LogP contribution < -0.4 is 9.47 Å². The van der Waals surface area contributed by atoms with Crippen LogP contribution >= 0.6 is 11.8 Å². The van der Waals surface area contributed by atoms with E-state index in [0.717, 1.165) is 46.6 Å². The van der Waals surface area contributed by atoms with E-state index in [1.54, 1.807) is 6.08 Å². The summed E-state index contributed by atoms with van der Waals surface area (Å²) in [5.74, 6) is 1.49. The molecule has 2 aliphatic heterocycles. The van der Waals surface area contributed by atoms with Gasteiger partial charge in [-0.3, -0.25) is 14.5 Å². The Labute approximate surface area is 187 Å². The average molecular weight is 438 g/mol. The Hall–Kier alpha value is -2.73. The number of carbonyl (C=O) groups is 2. The summed E-state index contributed by atoms with van der Waals surface area (Å²) in [7, 11) is 1.49. The van der Waals surface area contributed by atoms with Crippen molar-refractivity contribution in [2.24, 2.45) is 0 Å². The van der Waals surface area contributed by atoms with Crippen molar-refractivity contribution in [1.82, 2.24) is 4.90 Å². The van der Waals surface area contributed by atoms with Crippen LogP contribution in [0.1, 0.15) is 41.2 Å². The van der Waals surface area contributed by atoms with Crippen LogP contribution in [0.4, 0.5) is 4.79 Å². The first-order chi connectivity index (χ1) is 14.7. The summed E-state index contributed by atoms with van der Waals surface area (Å²) in [5.41, 5.74) is 5.50. The largest absolute Gasteiger partial charge is 0.489 e. The number of aryl methyl sites for hydroxylation is 2. The van der Waals surface area contributed by atoms with Crippen LogP contribution in [0.5, 0.6) is 11.5 Å². The second kappa shape index (κ2) is 8.08. The molecule has 2 aromatic rings. The lowest BCUT2D eigenvalue weighted by Crippen LogP contribution is -2.42. The van der Waals surface area contributed by atoms with Gasteiger partial charge in [0.05, 0.1) is 4.91 Å². The van der Waals surface area contributed by atoms with E-state index in [4.69, 9.17) is 9.47 Å². The number of rotatable bonds is 4. The standard InChI is InChI=1S/C25H27NO4S/c1-15-12-16(2)20-10-11-25(4,30-22(20)17(15)3)14-29-19-8-6-18(7-9-19)13-21-23(27)26(5)24(28)31-21/h6-9,12-13H,10-11,14H2,1-5H3.